The van der Waals surface area contributed by atoms with Gasteiger partial charge >= 0.3 is 0 Å². The highest BCUT2D eigenvalue weighted by Crippen LogP contribution is 2.44. The molecule has 0 radical (unpaired) electrons. The number of para-hydroxylation sites is 1. The molecule has 1 aliphatic heterocycles. The van der Waals surface area contributed by atoms with Crippen LogP contribution in [0, 0.1) is 0 Å². The monoisotopic (exact) mass is 380 g/mol. The van der Waals surface area contributed by atoms with E-state index in [0.29, 0.717) is 17.9 Å². The molecule has 3 heteroatoms. The summed E-state index contributed by atoms with van der Waals surface area (Å²) in [5, 5.41) is 2.28. The molecule has 4 aromatic carbocycles. The van der Waals surface area contributed by atoms with Gasteiger partial charge in [0.1, 0.15) is 18.5 Å². The van der Waals surface area contributed by atoms with Gasteiger partial charge in [-0.3, -0.25) is 4.79 Å². The summed E-state index contributed by atoms with van der Waals surface area (Å²) in [6.07, 6.45) is -0.682. The Bertz CT molecular complexity index is 1160. The summed E-state index contributed by atoms with van der Waals surface area (Å²) in [7, 11) is 0. The van der Waals surface area contributed by atoms with E-state index < -0.39 is 6.10 Å². The van der Waals surface area contributed by atoms with Crippen molar-refractivity contribution < 1.29 is 14.3 Å². The minimum absolute atomic E-state index is 0.0356. The van der Waals surface area contributed by atoms with E-state index in [-0.39, 0.29) is 11.9 Å². The number of benzene rings is 4. The fourth-order valence-electron chi connectivity index (χ4n) is 3.73. The number of ether oxygens (including phenoxy) is 2. The number of carbonyl (C=O) groups excluding carboxylic acids is 1. The van der Waals surface area contributed by atoms with Gasteiger partial charge in [0.2, 0.25) is 0 Å². The third-order valence-corrected chi connectivity index (χ3v) is 5.27. The van der Waals surface area contributed by atoms with E-state index in [9.17, 15) is 4.79 Å². The van der Waals surface area contributed by atoms with Crippen molar-refractivity contribution in [2.24, 2.45) is 0 Å². The van der Waals surface area contributed by atoms with Gasteiger partial charge in [-0.25, -0.2) is 0 Å². The number of hydrogen-bond acceptors (Lipinski definition) is 3. The Balaban J connectivity index is 1.37. The molecule has 1 heterocycles. The molecule has 0 spiro atoms. The lowest BCUT2D eigenvalue weighted by atomic mass is 9.98. The molecule has 1 fully saturated rings. The lowest BCUT2D eigenvalue weighted by molar-refractivity contribution is 0.0949. The average Bonchev–Trinajstić information content (AvgIpc) is 3.58. The van der Waals surface area contributed by atoms with Crippen LogP contribution < -0.4 is 4.74 Å². The number of hydrogen-bond donors (Lipinski definition) is 0. The first-order chi connectivity index (χ1) is 14.3. The van der Waals surface area contributed by atoms with Crippen LogP contribution in [-0.4, -0.2) is 11.9 Å². The zero-order chi connectivity index (χ0) is 19.6. The Labute approximate surface area is 169 Å². The van der Waals surface area contributed by atoms with E-state index in [1.165, 1.54) is 0 Å². The molecule has 3 nitrogen and oxygen atoms in total. The molecule has 142 valence electrons. The quantitative estimate of drug-likeness (QED) is 0.316. The maximum atomic E-state index is 13.2. The summed E-state index contributed by atoms with van der Waals surface area (Å²) in [4.78, 5) is 13.2. The van der Waals surface area contributed by atoms with Crippen molar-refractivity contribution >= 4 is 16.6 Å². The molecular formula is C26H20O3. The fourth-order valence-corrected chi connectivity index (χ4v) is 3.73. The van der Waals surface area contributed by atoms with Crippen LogP contribution in [0.25, 0.3) is 10.8 Å². The van der Waals surface area contributed by atoms with E-state index in [2.05, 4.69) is 18.2 Å². The Morgan fingerprint density at radius 1 is 0.793 bits per heavy atom. The summed E-state index contributed by atoms with van der Waals surface area (Å²) in [6.45, 7) is 0.420. The van der Waals surface area contributed by atoms with Crippen molar-refractivity contribution in [1.29, 1.82) is 0 Å². The van der Waals surface area contributed by atoms with Crippen molar-refractivity contribution in [1.82, 2.24) is 0 Å². The standard InChI is InChI=1S/C26H20O3/c27-24(22-14-6-7-16-23(22)28-17-18-9-2-1-3-10-18)26-25(29-26)21-15-8-12-19-11-4-5-13-20(19)21/h1-16,25-26H,17H2/t25-,26+/m1/s1. The van der Waals surface area contributed by atoms with Gasteiger partial charge in [0.25, 0.3) is 0 Å². The van der Waals surface area contributed by atoms with E-state index in [1.54, 1.807) is 0 Å². The molecule has 0 bridgehead atoms. The van der Waals surface area contributed by atoms with Gasteiger partial charge in [0.05, 0.1) is 5.56 Å². The largest absolute Gasteiger partial charge is 0.488 e. The lowest BCUT2D eigenvalue weighted by Crippen LogP contribution is -2.11. The summed E-state index contributed by atoms with van der Waals surface area (Å²) < 4.78 is 11.8. The molecule has 0 saturated carbocycles. The SMILES string of the molecule is O=C(c1ccccc1OCc1ccccc1)[C@@H]1O[C@@H]1c1cccc2ccccc12. The first kappa shape index (κ1) is 17.7. The predicted molar refractivity (Wildman–Crippen MR) is 113 cm³/mol. The highest BCUT2D eigenvalue weighted by Gasteiger charge is 2.47. The fraction of sp³-hybridized carbons (Fsp3) is 0.115. The molecule has 29 heavy (non-hydrogen) atoms. The van der Waals surface area contributed by atoms with Gasteiger partial charge in [-0.15, -0.1) is 0 Å². The van der Waals surface area contributed by atoms with E-state index in [0.717, 1.165) is 21.9 Å². The summed E-state index contributed by atoms with van der Waals surface area (Å²) in [5.41, 5.74) is 2.69. The number of Topliss-reactive ketones (excluding diaryl/α,β-unsaturated/α-hetero) is 1. The second-order valence-corrected chi connectivity index (χ2v) is 7.18. The Morgan fingerprint density at radius 2 is 1.52 bits per heavy atom. The number of epoxide rings is 1. The first-order valence-corrected chi connectivity index (χ1v) is 9.74. The second-order valence-electron chi connectivity index (χ2n) is 7.18. The van der Waals surface area contributed by atoms with Gasteiger partial charge < -0.3 is 9.47 Å². The van der Waals surface area contributed by atoms with Gasteiger partial charge in [0, 0.05) is 0 Å². The Hall–Kier alpha value is -3.43. The molecule has 4 aromatic rings. The van der Waals surface area contributed by atoms with Crippen molar-refractivity contribution in [3.63, 3.8) is 0 Å². The smallest absolute Gasteiger partial charge is 0.198 e. The number of ketones is 1. The Kier molecular flexibility index (Phi) is 4.59. The second kappa shape index (κ2) is 7.53. The minimum Gasteiger partial charge on any atom is -0.488 e. The van der Waals surface area contributed by atoms with Crippen LogP contribution in [0.5, 0.6) is 5.75 Å². The number of carbonyl (C=O) groups is 1. The summed E-state index contributed by atoms with van der Waals surface area (Å²) in [6, 6.07) is 31.6. The zero-order valence-corrected chi connectivity index (χ0v) is 15.8. The van der Waals surface area contributed by atoms with Crippen LogP contribution >= 0.6 is 0 Å². The number of rotatable bonds is 6. The molecule has 0 N–H and O–H groups in total. The van der Waals surface area contributed by atoms with Gasteiger partial charge in [-0.1, -0.05) is 84.9 Å². The molecule has 0 amide bonds. The third kappa shape index (κ3) is 3.53. The van der Waals surface area contributed by atoms with Crippen LogP contribution in [0.3, 0.4) is 0 Å². The topological polar surface area (TPSA) is 38.8 Å². The van der Waals surface area contributed by atoms with E-state index >= 15 is 0 Å². The summed E-state index contributed by atoms with van der Waals surface area (Å²) >= 11 is 0. The Morgan fingerprint density at radius 3 is 2.41 bits per heavy atom. The van der Waals surface area contributed by atoms with Gasteiger partial charge in [0.15, 0.2) is 11.9 Å². The molecule has 5 rings (SSSR count). The molecule has 1 aliphatic rings. The van der Waals surface area contributed by atoms with Crippen molar-refractivity contribution in [2.45, 2.75) is 18.8 Å². The van der Waals surface area contributed by atoms with Gasteiger partial charge in [-0.05, 0) is 34.0 Å². The summed E-state index contributed by atoms with van der Waals surface area (Å²) in [5.74, 6) is 0.556. The zero-order valence-electron chi connectivity index (χ0n) is 15.8. The molecule has 1 saturated heterocycles. The van der Waals surface area contributed by atoms with Crippen molar-refractivity contribution in [3.05, 3.63) is 114 Å². The van der Waals surface area contributed by atoms with Crippen LogP contribution in [-0.2, 0) is 11.3 Å². The first-order valence-electron chi connectivity index (χ1n) is 9.74. The van der Waals surface area contributed by atoms with Crippen molar-refractivity contribution in [2.75, 3.05) is 0 Å². The molecule has 0 aliphatic carbocycles. The molecule has 0 unspecified atom stereocenters. The van der Waals surface area contributed by atoms with E-state index in [1.807, 2.05) is 78.9 Å². The molecular weight excluding hydrogens is 360 g/mol. The highest BCUT2D eigenvalue weighted by atomic mass is 16.6. The predicted octanol–water partition coefficient (Wildman–Crippen LogP) is 5.74. The lowest BCUT2D eigenvalue weighted by Gasteiger charge is -2.10. The van der Waals surface area contributed by atoms with Crippen LogP contribution in [0.4, 0.5) is 0 Å². The van der Waals surface area contributed by atoms with Crippen LogP contribution in [0.2, 0.25) is 0 Å². The molecule has 0 aromatic heterocycles. The maximum absolute atomic E-state index is 13.2. The third-order valence-electron chi connectivity index (χ3n) is 5.27. The normalized spacial score (nSPS) is 17.8. The highest BCUT2D eigenvalue weighted by molar-refractivity contribution is 6.04. The number of fused-ring (bicyclic) bond motifs is 1. The minimum atomic E-state index is -0.470. The van der Waals surface area contributed by atoms with Gasteiger partial charge in [-0.2, -0.15) is 0 Å². The average molecular weight is 380 g/mol. The van der Waals surface area contributed by atoms with Crippen molar-refractivity contribution in [3.8, 4) is 5.75 Å². The maximum Gasteiger partial charge on any atom is 0.198 e. The van der Waals surface area contributed by atoms with Crippen LogP contribution in [0.15, 0.2) is 97.1 Å². The van der Waals surface area contributed by atoms with E-state index in [4.69, 9.17) is 9.47 Å². The van der Waals surface area contributed by atoms with Crippen LogP contribution in [0.1, 0.15) is 27.6 Å². The molecule has 2 atom stereocenters.